The molecule has 0 saturated carbocycles. The maximum Gasteiger partial charge on any atom is 0.318 e. The minimum Gasteiger partial charge on any atom is -0.462 e. The third-order valence-electron chi connectivity index (χ3n) is 8.01. The zero-order valence-electron chi connectivity index (χ0n) is 19.9. The quantitative estimate of drug-likeness (QED) is 0.729. The van der Waals surface area contributed by atoms with Gasteiger partial charge in [0, 0.05) is 50.4 Å². The molecule has 178 valence electrons. The van der Waals surface area contributed by atoms with E-state index in [2.05, 4.69) is 57.4 Å². The molecule has 1 aromatic heterocycles. The van der Waals surface area contributed by atoms with Gasteiger partial charge >= 0.3 is 6.01 Å². The molecule has 8 nitrogen and oxygen atoms in total. The van der Waals surface area contributed by atoms with E-state index >= 15 is 0 Å². The minimum atomic E-state index is -0.185. The summed E-state index contributed by atoms with van der Waals surface area (Å²) in [6.45, 7) is 5.65. The number of fused-ring (bicyclic) bond motifs is 2. The van der Waals surface area contributed by atoms with Gasteiger partial charge in [0.1, 0.15) is 18.5 Å². The number of likely N-dealkylation sites (tertiary alicyclic amines) is 1. The number of nitrogens with one attached hydrogen (secondary N) is 1. The molecule has 4 aliphatic rings. The molecule has 4 heterocycles. The highest BCUT2D eigenvalue weighted by atomic mass is 16.5. The van der Waals surface area contributed by atoms with Crippen molar-refractivity contribution in [3.63, 3.8) is 0 Å². The average Bonchev–Trinajstić information content (AvgIpc) is 3.60. The Morgan fingerprint density at radius 1 is 1.18 bits per heavy atom. The van der Waals surface area contributed by atoms with E-state index in [1.54, 1.807) is 0 Å². The van der Waals surface area contributed by atoms with Crippen LogP contribution in [0.4, 0.5) is 5.82 Å². The topological polar surface area (TPSA) is 80.5 Å². The summed E-state index contributed by atoms with van der Waals surface area (Å²) in [4.78, 5) is 17.0. The summed E-state index contributed by atoms with van der Waals surface area (Å²) in [6, 6.07) is 12.4. The number of aromatic nitrogens is 2. The van der Waals surface area contributed by atoms with Crippen LogP contribution in [0.1, 0.15) is 47.7 Å². The third kappa shape index (κ3) is 4.02. The highest BCUT2D eigenvalue weighted by molar-refractivity contribution is 5.53. The van der Waals surface area contributed by atoms with Gasteiger partial charge in [-0.05, 0) is 50.4 Å². The van der Waals surface area contributed by atoms with Gasteiger partial charge in [0.2, 0.25) is 0 Å². The summed E-state index contributed by atoms with van der Waals surface area (Å²) < 4.78 is 6.20. The Labute approximate surface area is 201 Å². The highest BCUT2D eigenvalue weighted by Crippen LogP contribution is 2.41. The third-order valence-corrected chi connectivity index (χ3v) is 8.01. The van der Waals surface area contributed by atoms with Crippen LogP contribution in [-0.2, 0) is 19.5 Å². The number of benzene rings is 1. The van der Waals surface area contributed by atoms with Crippen molar-refractivity contribution < 1.29 is 4.74 Å². The van der Waals surface area contributed by atoms with E-state index in [-0.39, 0.29) is 6.04 Å². The zero-order valence-corrected chi connectivity index (χ0v) is 19.9. The summed E-state index contributed by atoms with van der Waals surface area (Å²) in [5.74, 6) is 0.954. The number of nitrogens with zero attached hydrogens (tertiary/aromatic N) is 6. The smallest absolute Gasteiger partial charge is 0.318 e. The van der Waals surface area contributed by atoms with E-state index in [9.17, 15) is 5.26 Å². The van der Waals surface area contributed by atoms with E-state index in [1.807, 2.05) is 0 Å². The summed E-state index contributed by atoms with van der Waals surface area (Å²) in [7, 11) is 2.16. The van der Waals surface area contributed by atoms with Crippen LogP contribution >= 0.6 is 0 Å². The summed E-state index contributed by atoms with van der Waals surface area (Å²) in [5.41, 5.74) is 5.21. The molecule has 0 spiro atoms. The Hall–Kier alpha value is -2.73. The van der Waals surface area contributed by atoms with E-state index in [4.69, 9.17) is 14.7 Å². The molecule has 2 aromatic rings. The molecule has 3 aliphatic heterocycles. The largest absolute Gasteiger partial charge is 0.462 e. The monoisotopic (exact) mass is 459 g/mol. The van der Waals surface area contributed by atoms with Gasteiger partial charge in [-0.15, -0.1) is 0 Å². The molecule has 0 amide bonds. The number of ether oxygens (including phenoxy) is 1. The molecule has 0 radical (unpaired) electrons. The average molecular weight is 460 g/mol. The lowest BCUT2D eigenvalue weighted by atomic mass is 10.1. The maximum absolute atomic E-state index is 9.50. The highest BCUT2D eigenvalue weighted by Gasteiger charge is 2.36. The molecule has 2 saturated heterocycles. The predicted molar refractivity (Wildman–Crippen MR) is 130 cm³/mol. The van der Waals surface area contributed by atoms with Crippen molar-refractivity contribution in [1.29, 1.82) is 5.26 Å². The standard InChI is InChI=1S/C26H33N7O/c1-31-11-4-6-20(31)17-34-26-29-23-16-33(24-9-8-18-5-2-3-7-21(18)24)15-22(23)25(30-26)32-12-10-28-19(13-27)14-32/h2-3,5,7,19-20,24,28H,4,6,8-12,14-17H2,1H3/t19?,20-,24?/m0/s1. The van der Waals surface area contributed by atoms with Gasteiger partial charge in [0.05, 0.1) is 11.8 Å². The maximum atomic E-state index is 9.50. The number of hydrogen-bond donors (Lipinski definition) is 1. The number of piperazine rings is 1. The molecule has 6 rings (SSSR count). The van der Waals surface area contributed by atoms with Crippen LogP contribution in [0.5, 0.6) is 6.01 Å². The Bertz CT molecular complexity index is 1100. The number of rotatable bonds is 5. The van der Waals surface area contributed by atoms with Gasteiger partial charge in [-0.25, -0.2) is 0 Å². The van der Waals surface area contributed by atoms with E-state index in [0.717, 1.165) is 63.5 Å². The van der Waals surface area contributed by atoms with Crippen LogP contribution in [0.15, 0.2) is 24.3 Å². The molecule has 2 unspecified atom stereocenters. The molecule has 8 heteroatoms. The van der Waals surface area contributed by atoms with Gasteiger partial charge in [0.25, 0.3) is 0 Å². The fraction of sp³-hybridized carbons (Fsp3) is 0.577. The van der Waals surface area contributed by atoms with Crippen LogP contribution in [0.25, 0.3) is 0 Å². The van der Waals surface area contributed by atoms with Crippen molar-refractivity contribution in [2.45, 2.75) is 56.9 Å². The van der Waals surface area contributed by atoms with Crippen LogP contribution in [-0.4, -0.2) is 71.7 Å². The van der Waals surface area contributed by atoms with E-state index in [1.165, 1.54) is 23.1 Å². The second-order valence-electron chi connectivity index (χ2n) is 10.1. The van der Waals surface area contributed by atoms with Gasteiger partial charge in [-0.1, -0.05) is 24.3 Å². The SMILES string of the molecule is CN1CCC[C@H]1COc1nc2c(c(N3CCNC(C#N)C3)n1)CN(C1CCc3ccccc31)C2. The molecular formula is C26H33N7O. The molecular weight excluding hydrogens is 426 g/mol. The second kappa shape index (κ2) is 9.14. The van der Waals surface area contributed by atoms with Crippen LogP contribution in [0, 0.1) is 11.3 Å². The number of aryl methyl sites for hydroxylation is 1. The van der Waals surface area contributed by atoms with Crippen molar-refractivity contribution in [2.75, 3.05) is 44.7 Å². The number of hydrogen-bond acceptors (Lipinski definition) is 8. The summed E-state index contributed by atoms with van der Waals surface area (Å²) in [5, 5.41) is 12.8. The van der Waals surface area contributed by atoms with Gasteiger partial charge < -0.3 is 14.5 Å². The van der Waals surface area contributed by atoms with Crippen molar-refractivity contribution >= 4 is 5.82 Å². The number of likely N-dealkylation sites (N-methyl/N-ethyl adjacent to an activating group) is 1. The molecule has 2 fully saturated rings. The van der Waals surface area contributed by atoms with Crippen LogP contribution in [0.3, 0.4) is 0 Å². The predicted octanol–water partition coefficient (Wildman–Crippen LogP) is 2.25. The van der Waals surface area contributed by atoms with Gasteiger partial charge in [0.15, 0.2) is 0 Å². The Balaban J connectivity index is 1.28. The van der Waals surface area contributed by atoms with Crippen molar-refractivity contribution in [2.24, 2.45) is 0 Å². The molecule has 0 bridgehead atoms. The van der Waals surface area contributed by atoms with E-state index in [0.29, 0.717) is 31.2 Å². The van der Waals surface area contributed by atoms with Crippen molar-refractivity contribution in [3.05, 3.63) is 46.6 Å². The fourth-order valence-electron chi connectivity index (χ4n) is 6.09. The fourth-order valence-corrected chi connectivity index (χ4v) is 6.09. The van der Waals surface area contributed by atoms with Crippen LogP contribution < -0.4 is 15.0 Å². The molecule has 34 heavy (non-hydrogen) atoms. The van der Waals surface area contributed by atoms with Gasteiger partial charge in [-0.2, -0.15) is 15.2 Å². The Morgan fingerprint density at radius 2 is 2.09 bits per heavy atom. The summed E-state index contributed by atoms with van der Waals surface area (Å²) >= 11 is 0. The summed E-state index contributed by atoms with van der Waals surface area (Å²) in [6.07, 6.45) is 4.66. The van der Waals surface area contributed by atoms with Crippen molar-refractivity contribution in [3.8, 4) is 12.1 Å². The van der Waals surface area contributed by atoms with E-state index < -0.39 is 0 Å². The van der Waals surface area contributed by atoms with Gasteiger partial charge in [-0.3, -0.25) is 10.2 Å². The second-order valence-corrected chi connectivity index (χ2v) is 10.1. The minimum absolute atomic E-state index is 0.185. The van der Waals surface area contributed by atoms with Crippen molar-refractivity contribution in [1.82, 2.24) is 25.1 Å². The normalized spacial score (nSPS) is 26.9. The Morgan fingerprint density at radius 3 is 2.94 bits per heavy atom. The lowest BCUT2D eigenvalue weighted by Crippen LogP contribution is -2.50. The Kier molecular flexibility index (Phi) is 5.85. The molecule has 1 aromatic carbocycles. The lowest BCUT2D eigenvalue weighted by molar-refractivity contribution is 0.186. The first-order valence-corrected chi connectivity index (χ1v) is 12.6. The molecule has 1 aliphatic carbocycles. The molecule has 1 N–H and O–H groups in total. The number of nitriles is 1. The first-order chi connectivity index (χ1) is 16.7. The first kappa shape index (κ1) is 21.8. The zero-order chi connectivity index (χ0) is 23.1. The number of anilines is 1. The molecule has 3 atom stereocenters. The first-order valence-electron chi connectivity index (χ1n) is 12.6. The van der Waals surface area contributed by atoms with Crippen LogP contribution in [0.2, 0.25) is 0 Å². The lowest BCUT2D eigenvalue weighted by Gasteiger charge is -2.32.